The Labute approximate surface area is 112 Å². The molecule has 6 nitrogen and oxygen atoms in total. The van der Waals surface area contributed by atoms with Crippen LogP contribution in [0.2, 0.25) is 0 Å². The number of ether oxygens (including phenoxy) is 2. The highest BCUT2D eigenvalue weighted by Crippen LogP contribution is 2.27. The molecule has 0 amide bonds. The van der Waals surface area contributed by atoms with Crippen molar-refractivity contribution >= 4 is 21.4 Å². The Morgan fingerprint density at radius 2 is 2.05 bits per heavy atom. The van der Waals surface area contributed by atoms with Crippen molar-refractivity contribution in [3.63, 3.8) is 0 Å². The lowest BCUT2D eigenvalue weighted by atomic mass is 10.2. The summed E-state index contributed by atoms with van der Waals surface area (Å²) in [5.74, 6) is 0.555. The maximum absolute atomic E-state index is 12.2. The van der Waals surface area contributed by atoms with E-state index in [0.29, 0.717) is 43.2 Å². The van der Waals surface area contributed by atoms with Crippen molar-refractivity contribution in [3.05, 3.63) is 18.2 Å². The van der Waals surface area contributed by atoms with Crippen molar-refractivity contribution in [2.24, 2.45) is 0 Å². The first kappa shape index (κ1) is 14.0. The molecular formula is C12H18N2O4S. The Balaban J connectivity index is 2.19. The Morgan fingerprint density at radius 3 is 2.68 bits per heavy atom. The fraction of sp³-hybridized carbons (Fsp3) is 0.500. The van der Waals surface area contributed by atoms with Gasteiger partial charge in [0.05, 0.1) is 23.7 Å². The number of nitrogens with two attached hydrogens (primary N) is 1. The van der Waals surface area contributed by atoms with Gasteiger partial charge < -0.3 is 15.2 Å². The summed E-state index contributed by atoms with van der Waals surface area (Å²) < 4.78 is 37.3. The standard InChI is InChI=1S/C12H18N2O4S/c1-17-9-2-3-11(13)12(8-9)14-19(15,16)10-4-6-18-7-5-10/h2-3,8,10,14H,4-7,13H2,1H3. The van der Waals surface area contributed by atoms with E-state index < -0.39 is 15.3 Å². The number of benzene rings is 1. The molecule has 106 valence electrons. The Morgan fingerprint density at radius 1 is 1.37 bits per heavy atom. The number of nitrogen functional groups attached to an aromatic ring is 1. The summed E-state index contributed by atoms with van der Waals surface area (Å²) in [6.45, 7) is 0.943. The summed E-state index contributed by atoms with van der Waals surface area (Å²) in [4.78, 5) is 0. The molecule has 0 radical (unpaired) electrons. The van der Waals surface area contributed by atoms with Crippen LogP contribution < -0.4 is 15.2 Å². The third kappa shape index (κ3) is 3.30. The largest absolute Gasteiger partial charge is 0.497 e. The third-order valence-corrected chi connectivity index (χ3v) is 4.97. The van der Waals surface area contributed by atoms with Crippen molar-refractivity contribution in [1.82, 2.24) is 0 Å². The zero-order valence-electron chi connectivity index (χ0n) is 10.8. The van der Waals surface area contributed by atoms with Crippen molar-refractivity contribution in [3.8, 4) is 5.75 Å². The molecule has 0 aliphatic carbocycles. The number of rotatable bonds is 4. The van der Waals surface area contributed by atoms with Gasteiger partial charge in [-0.05, 0) is 25.0 Å². The number of methoxy groups -OCH3 is 1. The Hall–Kier alpha value is -1.47. The summed E-state index contributed by atoms with van der Waals surface area (Å²) in [5.41, 5.74) is 6.50. The summed E-state index contributed by atoms with van der Waals surface area (Å²) in [6, 6.07) is 4.87. The molecule has 0 atom stereocenters. The van der Waals surface area contributed by atoms with Gasteiger partial charge in [-0.25, -0.2) is 8.42 Å². The molecule has 0 unspecified atom stereocenters. The highest BCUT2D eigenvalue weighted by atomic mass is 32.2. The molecule has 7 heteroatoms. The van der Waals surface area contributed by atoms with Crippen LogP contribution in [0.5, 0.6) is 5.75 Å². The fourth-order valence-corrected chi connectivity index (χ4v) is 3.44. The quantitative estimate of drug-likeness (QED) is 0.812. The van der Waals surface area contributed by atoms with Gasteiger partial charge in [-0.1, -0.05) is 0 Å². The molecule has 1 aromatic rings. The van der Waals surface area contributed by atoms with E-state index in [1.54, 1.807) is 18.2 Å². The molecule has 0 saturated carbocycles. The molecule has 1 aliphatic heterocycles. The van der Waals surface area contributed by atoms with Gasteiger partial charge in [-0.3, -0.25) is 4.72 Å². The van der Waals surface area contributed by atoms with Crippen LogP contribution in [-0.4, -0.2) is 34.0 Å². The van der Waals surface area contributed by atoms with E-state index in [-0.39, 0.29) is 0 Å². The van der Waals surface area contributed by atoms with E-state index in [1.807, 2.05) is 0 Å². The summed E-state index contributed by atoms with van der Waals surface area (Å²) in [5, 5.41) is -0.438. The van der Waals surface area contributed by atoms with Gasteiger partial charge in [0.25, 0.3) is 0 Å². The van der Waals surface area contributed by atoms with Gasteiger partial charge in [-0.2, -0.15) is 0 Å². The van der Waals surface area contributed by atoms with Crippen LogP contribution in [-0.2, 0) is 14.8 Å². The molecule has 19 heavy (non-hydrogen) atoms. The van der Waals surface area contributed by atoms with Crippen LogP contribution in [0.3, 0.4) is 0 Å². The van der Waals surface area contributed by atoms with Crippen LogP contribution >= 0.6 is 0 Å². The monoisotopic (exact) mass is 286 g/mol. The lowest BCUT2D eigenvalue weighted by molar-refractivity contribution is 0.0984. The van der Waals surface area contributed by atoms with Crippen molar-refractivity contribution < 1.29 is 17.9 Å². The molecule has 1 fully saturated rings. The summed E-state index contributed by atoms with van der Waals surface area (Å²) in [7, 11) is -1.93. The molecule has 0 bridgehead atoms. The topological polar surface area (TPSA) is 90.6 Å². The number of sulfonamides is 1. The van der Waals surface area contributed by atoms with Gasteiger partial charge in [0.1, 0.15) is 5.75 Å². The Bertz CT molecular complexity index is 539. The van der Waals surface area contributed by atoms with Gasteiger partial charge in [0.2, 0.25) is 10.0 Å². The van der Waals surface area contributed by atoms with Crippen LogP contribution in [0.4, 0.5) is 11.4 Å². The highest BCUT2D eigenvalue weighted by Gasteiger charge is 2.28. The average Bonchev–Trinajstić information content (AvgIpc) is 2.42. The lowest BCUT2D eigenvalue weighted by Crippen LogP contribution is -2.33. The van der Waals surface area contributed by atoms with E-state index in [4.69, 9.17) is 15.2 Å². The third-order valence-electron chi connectivity index (χ3n) is 3.12. The fourth-order valence-electron chi connectivity index (χ4n) is 1.97. The summed E-state index contributed by atoms with van der Waals surface area (Å²) in [6.07, 6.45) is 0.998. The minimum absolute atomic E-state index is 0.353. The second-order valence-corrected chi connectivity index (χ2v) is 6.37. The van der Waals surface area contributed by atoms with Crippen LogP contribution in [0.25, 0.3) is 0 Å². The van der Waals surface area contributed by atoms with E-state index >= 15 is 0 Å². The van der Waals surface area contributed by atoms with Crippen molar-refractivity contribution in [1.29, 1.82) is 0 Å². The lowest BCUT2D eigenvalue weighted by Gasteiger charge is -2.23. The first-order chi connectivity index (χ1) is 9.03. The zero-order valence-corrected chi connectivity index (χ0v) is 11.6. The molecular weight excluding hydrogens is 268 g/mol. The second-order valence-electron chi connectivity index (χ2n) is 4.41. The van der Waals surface area contributed by atoms with Crippen molar-refractivity contribution in [2.75, 3.05) is 30.8 Å². The van der Waals surface area contributed by atoms with E-state index in [0.717, 1.165) is 0 Å². The molecule has 1 saturated heterocycles. The molecule has 0 spiro atoms. The van der Waals surface area contributed by atoms with Gasteiger partial charge in [0.15, 0.2) is 0 Å². The first-order valence-electron chi connectivity index (χ1n) is 6.06. The van der Waals surface area contributed by atoms with E-state index in [9.17, 15) is 8.42 Å². The van der Waals surface area contributed by atoms with Crippen LogP contribution in [0.1, 0.15) is 12.8 Å². The molecule has 3 N–H and O–H groups in total. The maximum atomic E-state index is 12.2. The maximum Gasteiger partial charge on any atom is 0.235 e. The van der Waals surface area contributed by atoms with Crippen LogP contribution in [0.15, 0.2) is 18.2 Å². The molecule has 2 rings (SSSR count). The number of anilines is 2. The first-order valence-corrected chi connectivity index (χ1v) is 7.60. The summed E-state index contributed by atoms with van der Waals surface area (Å²) >= 11 is 0. The van der Waals surface area contributed by atoms with Gasteiger partial charge in [0, 0.05) is 19.3 Å². The van der Waals surface area contributed by atoms with E-state index in [1.165, 1.54) is 7.11 Å². The SMILES string of the molecule is COc1ccc(N)c(NS(=O)(=O)C2CCOCC2)c1. The highest BCUT2D eigenvalue weighted by molar-refractivity contribution is 7.93. The minimum atomic E-state index is -3.45. The minimum Gasteiger partial charge on any atom is -0.497 e. The average molecular weight is 286 g/mol. The van der Waals surface area contributed by atoms with Crippen LogP contribution in [0, 0.1) is 0 Å². The smallest absolute Gasteiger partial charge is 0.235 e. The molecule has 1 aliphatic rings. The molecule has 1 heterocycles. The normalized spacial score (nSPS) is 17.1. The number of nitrogens with one attached hydrogen (secondary N) is 1. The van der Waals surface area contributed by atoms with Gasteiger partial charge in [-0.15, -0.1) is 0 Å². The molecule has 1 aromatic carbocycles. The van der Waals surface area contributed by atoms with Crippen molar-refractivity contribution in [2.45, 2.75) is 18.1 Å². The van der Waals surface area contributed by atoms with Gasteiger partial charge >= 0.3 is 0 Å². The molecule has 0 aromatic heterocycles. The predicted octanol–water partition coefficient (Wildman–Crippen LogP) is 1.20. The number of hydrogen-bond donors (Lipinski definition) is 2. The zero-order chi connectivity index (χ0) is 13.9. The van der Waals surface area contributed by atoms with E-state index in [2.05, 4.69) is 4.72 Å². The second kappa shape index (κ2) is 5.66. The Kier molecular flexibility index (Phi) is 4.16. The predicted molar refractivity (Wildman–Crippen MR) is 73.8 cm³/mol. The number of hydrogen-bond acceptors (Lipinski definition) is 5.